The zero-order valence-corrected chi connectivity index (χ0v) is 9.57. The number of aliphatic carboxylic acids is 1. The monoisotopic (exact) mass is 226 g/mol. The summed E-state index contributed by atoms with van der Waals surface area (Å²) in [6.07, 6.45) is 4.17. The molecule has 0 aliphatic heterocycles. The zero-order chi connectivity index (χ0) is 11.8. The Morgan fingerprint density at radius 1 is 1.31 bits per heavy atom. The quantitative estimate of drug-likeness (QED) is 0.589. The maximum Gasteiger partial charge on any atom is 0.323 e. The molecule has 2 bridgehead atoms. The molecule has 0 saturated heterocycles. The number of fused-ring (bicyclic) bond motifs is 2. The van der Waals surface area contributed by atoms with Gasteiger partial charge in [0.15, 0.2) is 5.41 Å². The summed E-state index contributed by atoms with van der Waals surface area (Å²) in [7, 11) is 0. The van der Waals surface area contributed by atoms with Crippen LogP contribution in [0.5, 0.6) is 0 Å². The Kier molecular flexibility index (Phi) is 2.91. The molecule has 2 aliphatic carbocycles. The van der Waals surface area contributed by atoms with Crippen LogP contribution < -0.4 is 0 Å². The van der Waals surface area contributed by atoms with Crippen molar-refractivity contribution >= 4 is 11.9 Å². The standard InChI is InChI=1S/C12H18O4/c1-2-16-11(15)12(10(13)14)6-8-3-4-9(5-8)7-12/h8-9H,2-7H2,1H3,(H,13,14). The highest BCUT2D eigenvalue weighted by molar-refractivity contribution is 5.99. The van der Waals surface area contributed by atoms with Gasteiger partial charge in [-0.2, -0.15) is 0 Å². The number of hydrogen-bond acceptors (Lipinski definition) is 3. The van der Waals surface area contributed by atoms with Crippen LogP contribution in [0.3, 0.4) is 0 Å². The van der Waals surface area contributed by atoms with Gasteiger partial charge in [-0.25, -0.2) is 0 Å². The van der Waals surface area contributed by atoms with Crippen molar-refractivity contribution in [2.24, 2.45) is 17.3 Å². The minimum Gasteiger partial charge on any atom is -0.480 e. The molecule has 16 heavy (non-hydrogen) atoms. The Morgan fingerprint density at radius 2 is 1.88 bits per heavy atom. The lowest BCUT2D eigenvalue weighted by molar-refractivity contribution is -0.173. The minimum absolute atomic E-state index is 0.253. The van der Waals surface area contributed by atoms with Crippen LogP contribution in [0.4, 0.5) is 0 Å². The fourth-order valence-electron chi connectivity index (χ4n) is 3.32. The van der Waals surface area contributed by atoms with Crippen LogP contribution in [0.25, 0.3) is 0 Å². The normalized spacial score (nSPS) is 37.1. The maximum atomic E-state index is 11.9. The van der Waals surface area contributed by atoms with E-state index in [4.69, 9.17) is 4.74 Å². The number of carboxylic acid groups (broad SMARTS) is 1. The lowest BCUT2D eigenvalue weighted by Gasteiger charge is -2.34. The minimum atomic E-state index is -1.25. The van der Waals surface area contributed by atoms with Crippen molar-refractivity contribution in [3.8, 4) is 0 Å². The summed E-state index contributed by atoms with van der Waals surface area (Å²) in [6.45, 7) is 1.97. The number of ether oxygens (including phenoxy) is 1. The molecule has 2 rings (SSSR count). The second-order valence-corrected chi connectivity index (χ2v) is 5.06. The molecular weight excluding hydrogens is 208 g/mol. The molecule has 0 radical (unpaired) electrons. The van der Waals surface area contributed by atoms with E-state index < -0.39 is 17.4 Å². The fraction of sp³-hybridized carbons (Fsp3) is 0.833. The van der Waals surface area contributed by atoms with Gasteiger partial charge in [-0.05, 0) is 38.0 Å². The van der Waals surface area contributed by atoms with E-state index in [1.807, 2.05) is 0 Å². The van der Waals surface area contributed by atoms with Crippen molar-refractivity contribution in [3.63, 3.8) is 0 Å². The van der Waals surface area contributed by atoms with E-state index in [0.717, 1.165) is 19.3 Å². The van der Waals surface area contributed by atoms with Crippen molar-refractivity contribution in [1.29, 1.82) is 0 Å². The lowest BCUT2D eigenvalue weighted by atomic mass is 9.69. The molecule has 0 aromatic rings. The van der Waals surface area contributed by atoms with E-state index in [1.165, 1.54) is 0 Å². The van der Waals surface area contributed by atoms with Crippen molar-refractivity contribution in [2.75, 3.05) is 6.61 Å². The Balaban J connectivity index is 2.22. The SMILES string of the molecule is CCOC(=O)C1(C(=O)O)CC2CCC(C2)C1. The predicted molar refractivity (Wildman–Crippen MR) is 56.8 cm³/mol. The number of carboxylic acids is 1. The van der Waals surface area contributed by atoms with Gasteiger partial charge in [-0.15, -0.1) is 0 Å². The summed E-state index contributed by atoms with van der Waals surface area (Å²) in [4.78, 5) is 23.3. The highest BCUT2D eigenvalue weighted by Gasteiger charge is 2.54. The molecule has 2 aliphatic rings. The molecule has 0 amide bonds. The molecule has 4 nitrogen and oxygen atoms in total. The average molecular weight is 226 g/mol. The fourth-order valence-corrected chi connectivity index (χ4v) is 3.32. The molecule has 0 aromatic carbocycles. The van der Waals surface area contributed by atoms with Gasteiger partial charge < -0.3 is 9.84 Å². The first-order valence-electron chi connectivity index (χ1n) is 5.99. The molecule has 0 spiro atoms. The van der Waals surface area contributed by atoms with Gasteiger partial charge in [-0.3, -0.25) is 9.59 Å². The summed E-state index contributed by atoms with van der Waals surface area (Å²) in [5.41, 5.74) is -1.25. The van der Waals surface area contributed by atoms with Crippen LogP contribution in [-0.2, 0) is 14.3 Å². The van der Waals surface area contributed by atoms with Crippen molar-refractivity contribution in [1.82, 2.24) is 0 Å². The summed E-state index contributed by atoms with van der Waals surface area (Å²) >= 11 is 0. The Labute approximate surface area is 95.0 Å². The first kappa shape index (κ1) is 11.4. The Hall–Kier alpha value is -1.06. The second kappa shape index (κ2) is 4.07. The van der Waals surface area contributed by atoms with Gasteiger partial charge >= 0.3 is 11.9 Å². The number of carbonyl (C=O) groups is 2. The molecule has 2 fully saturated rings. The van der Waals surface area contributed by atoms with E-state index in [2.05, 4.69) is 0 Å². The van der Waals surface area contributed by atoms with E-state index in [1.54, 1.807) is 6.92 Å². The Bertz CT molecular complexity index is 298. The highest BCUT2D eigenvalue weighted by atomic mass is 16.5. The summed E-state index contributed by atoms with van der Waals surface area (Å²) in [6, 6.07) is 0. The van der Waals surface area contributed by atoms with E-state index in [9.17, 15) is 14.7 Å². The maximum absolute atomic E-state index is 11.9. The summed E-state index contributed by atoms with van der Waals surface area (Å²) < 4.78 is 4.95. The van der Waals surface area contributed by atoms with Crippen LogP contribution in [0.15, 0.2) is 0 Å². The highest BCUT2D eigenvalue weighted by Crippen LogP contribution is 2.51. The number of hydrogen-bond donors (Lipinski definition) is 1. The van der Waals surface area contributed by atoms with Gasteiger partial charge in [0.05, 0.1) is 6.61 Å². The number of carbonyl (C=O) groups excluding carboxylic acids is 1. The van der Waals surface area contributed by atoms with Crippen LogP contribution in [0.1, 0.15) is 39.0 Å². The van der Waals surface area contributed by atoms with Gasteiger partial charge in [0, 0.05) is 0 Å². The largest absolute Gasteiger partial charge is 0.480 e. The van der Waals surface area contributed by atoms with Gasteiger partial charge in [0.1, 0.15) is 0 Å². The van der Waals surface area contributed by atoms with Crippen LogP contribution >= 0.6 is 0 Å². The lowest BCUT2D eigenvalue weighted by Crippen LogP contribution is -2.45. The topological polar surface area (TPSA) is 63.6 Å². The van der Waals surface area contributed by atoms with E-state index in [0.29, 0.717) is 24.7 Å². The summed E-state index contributed by atoms with van der Waals surface area (Å²) in [5.74, 6) is -0.722. The third-order valence-corrected chi connectivity index (χ3v) is 4.00. The molecular formula is C12H18O4. The van der Waals surface area contributed by atoms with Crippen molar-refractivity contribution in [3.05, 3.63) is 0 Å². The third kappa shape index (κ3) is 1.70. The molecule has 0 heterocycles. The number of esters is 1. The molecule has 1 N–H and O–H groups in total. The first-order chi connectivity index (χ1) is 7.58. The molecule has 2 saturated carbocycles. The molecule has 90 valence electrons. The first-order valence-corrected chi connectivity index (χ1v) is 5.99. The van der Waals surface area contributed by atoms with Crippen LogP contribution in [0, 0.1) is 17.3 Å². The molecule has 0 aromatic heterocycles. The Morgan fingerprint density at radius 3 is 2.31 bits per heavy atom. The van der Waals surface area contributed by atoms with Crippen molar-refractivity contribution < 1.29 is 19.4 Å². The summed E-state index contributed by atoms with van der Waals surface area (Å²) in [5, 5.41) is 9.35. The molecule has 2 atom stereocenters. The zero-order valence-electron chi connectivity index (χ0n) is 9.57. The van der Waals surface area contributed by atoms with Gasteiger partial charge in [0.2, 0.25) is 0 Å². The van der Waals surface area contributed by atoms with Gasteiger partial charge in [-0.1, -0.05) is 12.8 Å². The second-order valence-electron chi connectivity index (χ2n) is 5.06. The predicted octanol–water partition coefficient (Wildman–Crippen LogP) is 1.83. The van der Waals surface area contributed by atoms with Crippen LogP contribution in [0.2, 0.25) is 0 Å². The van der Waals surface area contributed by atoms with E-state index >= 15 is 0 Å². The number of rotatable bonds is 3. The van der Waals surface area contributed by atoms with Crippen molar-refractivity contribution in [2.45, 2.75) is 39.0 Å². The third-order valence-electron chi connectivity index (χ3n) is 4.00. The van der Waals surface area contributed by atoms with Crippen LogP contribution in [-0.4, -0.2) is 23.7 Å². The molecule has 2 unspecified atom stereocenters. The van der Waals surface area contributed by atoms with Gasteiger partial charge in [0.25, 0.3) is 0 Å². The molecule has 4 heteroatoms. The van der Waals surface area contributed by atoms with E-state index in [-0.39, 0.29) is 6.61 Å². The smallest absolute Gasteiger partial charge is 0.323 e. The average Bonchev–Trinajstić information content (AvgIpc) is 2.58.